The molecule has 2 aliphatic carbocycles. The normalized spacial score (nSPS) is 20.3. The van der Waals surface area contributed by atoms with Crippen molar-refractivity contribution in [3.8, 4) is 0 Å². The molecule has 98 valence electrons. The molecular weight excluding hydrogens is 226 g/mol. The smallest absolute Gasteiger partial charge is 0.160 e. The molecule has 0 bridgehead atoms. The standard InChI is InChI=1S/C14H21N3O/c1-15-13-10-5-3-4-6-11(10)16-14(17-13)12(18-2)9-7-8-9/h9,12H,3-8H2,1-2H3,(H,15,16,17). The number of hydrogen-bond acceptors (Lipinski definition) is 4. The first-order valence-electron chi connectivity index (χ1n) is 6.93. The molecule has 0 spiro atoms. The zero-order chi connectivity index (χ0) is 12.5. The molecular formula is C14H21N3O. The van der Waals surface area contributed by atoms with Gasteiger partial charge in [0.1, 0.15) is 11.9 Å². The maximum absolute atomic E-state index is 5.60. The first-order chi connectivity index (χ1) is 8.83. The van der Waals surface area contributed by atoms with Crippen LogP contribution < -0.4 is 5.32 Å². The minimum atomic E-state index is 0.0873. The van der Waals surface area contributed by atoms with Gasteiger partial charge in [-0.15, -0.1) is 0 Å². The fourth-order valence-electron chi connectivity index (χ4n) is 2.85. The Morgan fingerprint density at radius 2 is 2.00 bits per heavy atom. The van der Waals surface area contributed by atoms with Crippen molar-refractivity contribution in [3.05, 3.63) is 17.1 Å². The van der Waals surface area contributed by atoms with Crippen LogP contribution in [-0.4, -0.2) is 24.1 Å². The number of hydrogen-bond donors (Lipinski definition) is 1. The lowest BCUT2D eigenvalue weighted by Crippen LogP contribution is -2.17. The quantitative estimate of drug-likeness (QED) is 0.888. The maximum Gasteiger partial charge on any atom is 0.160 e. The van der Waals surface area contributed by atoms with E-state index in [4.69, 9.17) is 9.72 Å². The van der Waals surface area contributed by atoms with Gasteiger partial charge in [-0.3, -0.25) is 0 Å². The Kier molecular flexibility index (Phi) is 3.20. The number of fused-ring (bicyclic) bond motifs is 1. The summed E-state index contributed by atoms with van der Waals surface area (Å²) in [5, 5.41) is 3.23. The molecule has 0 aliphatic heterocycles. The molecule has 1 aromatic rings. The van der Waals surface area contributed by atoms with Gasteiger partial charge >= 0.3 is 0 Å². The van der Waals surface area contributed by atoms with Gasteiger partial charge in [0.2, 0.25) is 0 Å². The Bertz CT molecular complexity index is 426. The van der Waals surface area contributed by atoms with Gasteiger partial charge in [0.05, 0.1) is 0 Å². The van der Waals surface area contributed by atoms with Crippen LogP contribution in [0.4, 0.5) is 5.82 Å². The number of rotatable bonds is 4. The molecule has 0 saturated heterocycles. The SMILES string of the molecule is CNc1nc(C(OC)C2CC2)nc2c1CCCC2. The van der Waals surface area contributed by atoms with Gasteiger partial charge in [0, 0.05) is 25.4 Å². The maximum atomic E-state index is 5.60. The Hall–Kier alpha value is -1.16. The Balaban J connectivity index is 1.99. The summed E-state index contributed by atoms with van der Waals surface area (Å²) in [6, 6.07) is 0. The van der Waals surface area contributed by atoms with Crippen LogP contribution in [0.2, 0.25) is 0 Å². The van der Waals surface area contributed by atoms with Gasteiger partial charge in [-0.2, -0.15) is 0 Å². The van der Waals surface area contributed by atoms with Crippen molar-refractivity contribution in [2.75, 3.05) is 19.5 Å². The van der Waals surface area contributed by atoms with Crippen molar-refractivity contribution in [2.45, 2.75) is 44.6 Å². The molecule has 1 aromatic heterocycles. The monoisotopic (exact) mass is 247 g/mol. The van der Waals surface area contributed by atoms with Gasteiger partial charge in [-0.05, 0) is 44.4 Å². The second-order valence-electron chi connectivity index (χ2n) is 5.31. The van der Waals surface area contributed by atoms with Crippen LogP contribution in [0.3, 0.4) is 0 Å². The van der Waals surface area contributed by atoms with E-state index in [-0.39, 0.29) is 6.10 Å². The van der Waals surface area contributed by atoms with E-state index in [0.717, 1.165) is 24.5 Å². The molecule has 1 atom stereocenters. The van der Waals surface area contributed by atoms with E-state index in [9.17, 15) is 0 Å². The summed E-state index contributed by atoms with van der Waals surface area (Å²) in [6.07, 6.45) is 7.26. The zero-order valence-electron chi connectivity index (χ0n) is 11.2. The van der Waals surface area contributed by atoms with E-state index in [1.165, 1.54) is 36.9 Å². The van der Waals surface area contributed by atoms with Crippen molar-refractivity contribution in [3.63, 3.8) is 0 Å². The summed E-state index contributed by atoms with van der Waals surface area (Å²) >= 11 is 0. The predicted molar refractivity (Wildman–Crippen MR) is 70.7 cm³/mol. The lowest BCUT2D eigenvalue weighted by atomic mass is 9.96. The van der Waals surface area contributed by atoms with E-state index in [1.54, 1.807) is 7.11 Å². The van der Waals surface area contributed by atoms with Crippen molar-refractivity contribution in [2.24, 2.45) is 5.92 Å². The van der Waals surface area contributed by atoms with Crippen molar-refractivity contribution < 1.29 is 4.74 Å². The number of ether oxygens (including phenoxy) is 1. The number of aromatic nitrogens is 2. The molecule has 4 heteroatoms. The van der Waals surface area contributed by atoms with E-state index < -0.39 is 0 Å². The molecule has 1 saturated carbocycles. The summed E-state index contributed by atoms with van der Waals surface area (Å²) in [5.74, 6) is 2.52. The third-order valence-corrected chi connectivity index (χ3v) is 4.00. The first kappa shape index (κ1) is 11.9. The van der Waals surface area contributed by atoms with Gasteiger partial charge < -0.3 is 10.1 Å². The Morgan fingerprint density at radius 1 is 1.22 bits per heavy atom. The predicted octanol–water partition coefficient (Wildman–Crippen LogP) is 2.49. The number of anilines is 1. The highest BCUT2D eigenvalue weighted by Gasteiger charge is 2.35. The van der Waals surface area contributed by atoms with Crippen LogP contribution >= 0.6 is 0 Å². The molecule has 0 amide bonds. The van der Waals surface area contributed by atoms with Gasteiger partial charge in [-0.1, -0.05) is 0 Å². The van der Waals surface area contributed by atoms with Gasteiger partial charge in [0.15, 0.2) is 5.82 Å². The fraction of sp³-hybridized carbons (Fsp3) is 0.714. The zero-order valence-corrected chi connectivity index (χ0v) is 11.2. The summed E-state index contributed by atoms with van der Waals surface area (Å²) in [5.41, 5.74) is 2.55. The van der Waals surface area contributed by atoms with Gasteiger partial charge in [0.25, 0.3) is 0 Å². The second kappa shape index (κ2) is 4.84. The molecule has 0 aromatic carbocycles. The first-order valence-corrected chi connectivity index (χ1v) is 6.93. The number of nitrogens with zero attached hydrogens (tertiary/aromatic N) is 2. The van der Waals surface area contributed by atoms with Crippen molar-refractivity contribution in [1.82, 2.24) is 9.97 Å². The molecule has 1 N–H and O–H groups in total. The third-order valence-electron chi connectivity index (χ3n) is 4.00. The number of nitrogens with one attached hydrogen (secondary N) is 1. The third kappa shape index (κ3) is 2.09. The van der Waals surface area contributed by atoms with E-state index in [1.807, 2.05) is 7.05 Å². The lowest BCUT2D eigenvalue weighted by molar-refractivity contribution is 0.0770. The highest BCUT2D eigenvalue weighted by atomic mass is 16.5. The van der Waals surface area contributed by atoms with Crippen LogP contribution in [0.25, 0.3) is 0 Å². The highest BCUT2D eigenvalue weighted by molar-refractivity contribution is 5.47. The van der Waals surface area contributed by atoms with Crippen molar-refractivity contribution in [1.29, 1.82) is 0 Å². The average Bonchev–Trinajstić information content (AvgIpc) is 3.23. The molecule has 1 fully saturated rings. The fourth-order valence-corrected chi connectivity index (χ4v) is 2.85. The van der Waals surface area contributed by atoms with Crippen LogP contribution in [0.15, 0.2) is 0 Å². The van der Waals surface area contributed by atoms with Crippen LogP contribution in [0.1, 0.15) is 48.9 Å². The Morgan fingerprint density at radius 3 is 2.67 bits per heavy atom. The van der Waals surface area contributed by atoms with Crippen LogP contribution in [0, 0.1) is 5.92 Å². The average molecular weight is 247 g/mol. The summed E-state index contributed by atoms with van der Waals surface area (Å²) < 4.78 is 5.60. The molecule has 1 heterocycles. The molecule has 4 nitrogen and oxygen atoms in total. The van der Waals surface area contributed by atoms with Crippen LogP contribution in [-0.2, 0) is 17.6 Å². The minimum absolute atomic E-state index is 0.0873. The number of aryl methyl sites for hydroxylation is 1. The van der Waals surface area contributed by atoms with E-state index in [0.29, 0.717) is 5.92 Å². The molecule has 1 unspecified atom stereocenters. The number of methoxy groups -OCH3 is 1. The topological polar surface area (TPSA) is 47.0 Å². The van der Waals surface area contributed by atoms with E-state index >= 15 is 0 Å². The summed E-state index contributed by atoms with van der Waals surface area (Å²) in [4.78, 5) is 9.47. The molecule has 2 aliphatic rings. The van der Waals surface area contributed by atoms with Crippen molar-refractivity contribution >= 4 is 5.82 Å². The largest absolute Gasteiger partial charge is 0.373 e. The molecule has 3 rings (SSSR count). The highest BCUT2D eigenvalue weighted by Crippen LogP contribution is 2.42. The van der Waals surface area contributed by atoms with E-state index in [2.05, 4.69) is 10.3 Å². The minimum Gasteiger partial charge on any atom is -0.373 e. The van der Waals surface area contributed by atoms with Crippen LogP contribution in [0.5, 0.6) is 0 Å². The second-order valence-corrected chi connectivity index (χ2v) is 5.31. The Labute approximate surface area is 108 Å². The van der Waals surface area contributed by atoms with Gasteiger partial charge in [-0.25, -0.2) is 9.97 Å². The molecule has 18 heavy (non-hydrogen) atoms. The summed E-state index contributed by atoms with van der Waals surface area (Å²) in [7, 11) is 3.71. The molecule has 0 radical (unpaired) electrons. The summed E-state index contributed by atoms with van der Waals surface area (Å²) in [6.45, 7) is 0. The lowest BCUT2D eigenvalue weighted by Gasteiger charge is -2.21.